The Balaban J connectivity index is 1.85. The number of aliphatic hydroxyl groups is 1. The Morgan fingerprint density at radius 3 is 2.52 bits per heavy atom. The smallest absolute Gasteiger partial charge is 0.191 e. The maximum absolute atomic E-state index is 9.68. The van der Waals surface area contributed by atoms with Gasteiger partial charge in [-0.25, -0.2) is 0 Å². The van der Waals surface area contributed by atoms with E-state index in [2.05, 4.69) is 35.5 Å². The van der Waals surface area contributed by atoms with Crippen LogP contribution in [0.25, 0.3) is 0 Å². The Morgan fingerprint density at radius 2 is 1.85 bits per heavy atom. The Kier molecular flexibility index (Phi) is 8.65. The summed E-state index contributed by atoms with van der Waals surface area (Å²) in [5.74, 6) is 2.12. The van der Waals surface area contributed by atoms with Crippen LogP contribution in [0.4, 0.5) is 0 Å². The monoisotopic (exact) mass is 369 g/mol. The van der Waals surface area contributed by atoms with Gasteiger partial charge in [0.1, 0.15) is 5.75 Å². The molecule has 0 amide bonds. The van der Waals surface area contributed by atoms with Gasteiger partial charge in [-0.15, -0.1) is 0 Å². The molecule has 0 bridgehead atoms. The normalized spacial score (nSPS) is 12.7. The molecule has 27 heavy (non-hydrogen) atoms. The number of rotatable bonds is 9. The van der Waals surface area contributed by atoms with E-state index in [0.29, 0.717) is 31.6 Å². The second kappa shape index (κ2) is 11.2. The van der Waals surface area contributed by atoms with E-state index in [1.165, 1.54) is 0 Å². The first kappa shape index (κ1) is 20.8. The summed E-state index contributed by atoms with van der Waals surface area (Å²) >= 11 is 0. The summed E-state index contributed by atoms with van der Waals surface area (Å²) in [6.07, 6.45) is 0. The zero-order chi connectivity index (χ0) is 19.5. The zero-order valence-corrected chi connectivity index (χ0v) is 16.5. The lowest BCUT2D eigenvalue weighted by Crippen LogP contribution is -2.39. The van der Waals surface area contributed by atoms with Crippen LogP contribution in [0.5, 0.6) is 5.75 Å². The number of nitrogens with one attached hydrogen (secondary N) is 2. The molecule has 1 atom stereocenters. The molecule has 0 fully saturated rings. The summed E-state index contributed by atoms with van der Waals surface area (Å²) in [6, 6.07) is 18.1. The predicted octanol–water partition coefficient (Wildman–Crippen LogP) is 3.16. The highest BCUT2D eigenvalue weighted by Gasteiger charge is 2.10. The maximum Gasteiger partial charge on any atom is 0.191 e. The van der Waals surface area contributed by atoms with Crippen LogP contribution in [0, 0.1) is 5.92 Å². The van der Waals surface area contributed by atoms with Crippen LogP contribution in [0.3, 0.4) is 0 Å². The van der Waals surface area contributed by atoms with Crippen molar-refractivity contribution in [3.63, 3.8) is 0 Å². The molecule has 0 radical (unpaired) electrons. The van der Waals surface area contributed by atoms with Crippen LogP contribution >= 0.6 is 0 Å². The van der Waals surface area contributed by atoms with Gasteiger partial charge in [0.15, 0.2) is 5.96 Å². The van der Waals surface area contributed by atoms with Crippen molar-refractivity contribution < 1.29 is 9.84 Å². The second-order valence-corrected chi connectivity index (χ2v) is 6.95. The molecule has 2 aromatic rings. The number of benzene rings is 2. The van der Waals surface area contributed by atoms with Gasteiger partial charge in [-0.3, -0.25) is 4.99 Å². The lowest BCUT2D eigenvalue weighted by Gasteiger charge is -2.18. The summed E-state index contributed by atoms with van der Waals surface area (Å²) in [6.45, 7) is 6.32. The van der Waals surface area contributed by atoms with Gasteiger partial charge in [0, 0.05) is 26.1 Å². The Hall–Kier alpha value is -2.53. The molecule has 0 heterocycles. The Labute approximate surface area is 162 Å². The number of ether oxygens (including phenoxy) is 1. The molecule has 0 aliphatic rings. The molecule has 146 valence electrons. The average Bonchev–Trinajstić information content (AvgIpc) is 2.70. The fourth-order valence-corrected chi connectivity index (χ4v) is 2.65. The highest BCUT2D eigenvalue weighted by molar-refractivity contribution is 5.79. The fraction of sp³-hybridized carbons (Fsp3) is 0.409. The van der Waals surface area contributed by atoms with Crippen molar-refractivity contribution in [2.24, 2.45) is 10.9 Å². The molecule has 3 N–H and O–H groups in total. The molecule has 0 saturated carbocycles. The summed E-state index contributed by atoms with van der Waals surface area (Å²) < 4.78 is 5.78. The molecule has 2 rings (SSSR count). The number of hydrogen-bond donors (Lipinski definition) is 3. The van der Waals surface area contributed by atoms with E-state index in [9.17, 15) is 5.11 Å². The molecule has 2 aromatic carbocycles. The third-order valence-corrected chi connectivity index (χ3v) is 4.17. The quantitative estimate of drug-likeness (QED) is 0.469. The van der Waals surface area contributed by atoms with Crippen molar-refractivity contribution in [1.82, 2.24) is 10.6 Å². The third kappa shape index (κ3) is 7.31. The van der Waals surface area contributed by atoms with E-state index in [1.54, 1.807) is 7.05 Å². The minimum absolute atomic E-state index is 0.0255. The van der Waals surface area contributed by atoms with Crippen LogP contribution in [-0.4, -0.2) is 37.9 Å². The SMILES string of the molecule is CN=C(NCc1cccc(OCC(C)C)c1)NCC(CO)c1ccccc1. The minimum Gasteiger partial charge on any atom is -0.493 e. The van der Waals surface area contributed by atoms with E-state index in [1.807, 2.05) is 48.5 Å². The molecule has 0 aliphatic heterocycles. The van der Waals surface area contributed by atoms with E-state index in [4.69, 9.17) is 4.74 Å². The van der Waals surface area contributed by atoms with Crippen molar-refractivity contribution in [2.75, 3.05) is 26.8 Å². The standard InChI is InChI=1S/C22H31N3O2/c1-17(2)16-27-21-11-7-8-18(12-21)13-24-22(23-3)25-14-20(15-26)19-9-5-4-6-10-19/h4-12,17,20,26H,13-16H2,1-3H3,(H2,23,24,25). The first-order valence-corrected chi connectivity index (χ1v) is 9.44. The summed E-state index contributed by atoms with van der Waals surface area (Å²) in [7, 11) is 1.74. The molecular formula is C22H31N3O2. The van der Waals surface area contributed by atoms with Crippen molar-refractivity contribution in [3.05, 3.63) is 65.7 Å². The van der Waals surface area contributed by atoms with Crippen molar-refractivity contribution in [1.29, 1.82) is 0 Å². The number of aliphatic imine (C=N–C) groups is 1. The molecule has 5 heteroatoms. The first-order valence-electron chi connectivity index (χ1n) is 9.44. The number of nitrogens with zero attached hydrogens (tertiary/aromatic N) is 1. The van der Waals surface area contributed by atoms with E-state index >= 15 is 0 Å². The lowest BCUT2D eigenvalue weighted by atomic mass is 10.0. The molecule has 5 nitrogen and oxygen atoms in total. The van der Waals surface area contributed by atoms with E-state index < -0.39 is 0 Å². The van der Waals surface area contributed by atoms with Crippen LogP contribution in [0.1, 0.15) is 30.9 Å². The van der Waals surface area contributed by atoms with Gasteiger partial charge in [0.25, 0.3) is 0 Å². The Bertz CT molecular complexity index is 702. The maximum atomic E-state index is 9.68. The summed E-state index contributed by atoms with van der Waals surface area (Å²) in [4.78, 5) is 4.27. The molecule has 0 aliphatic carbocycles. The number of aliphatic hydroxyl groups excluding tert-OH is 1. The van der Waals surface area contributed by atoms with Gasteiger partial charge < -0.3 is 20.5 Å². The average molecular weight is 370 g/mol. The fourth-order valence-electron chi connectivity index (χ4n) is 2.65. The largest absolute Gasteiger partial charge is 0.493 e. The van der Waals surface area contributed by atoms with Gasteiger partial charge >= 0.3 is 0 Å². The summed E-state index contributed by atoms with van der Waals surface area (Å²) in [5, 5.41) is 16.3. The van der Waals surface area contributed by atoms with Crippen LogP contribution in [0.2, 0.25) is 0 Å². The van der Waals surface area contributed by atoms with Crippen molar-refractivity contribution in [3.8, 4) is 5.75 Å². The van der Waals surface area contributed by atoms with Gasteiger partial charge in [0.05, 0.1) is 13.2 Å². The highest BCUT2D eigenvalue weighted by atomic mass is 16.5. The minimum atomic E-state index is 0.0255. The molecule has 0 aromatic heterocycles. The van der Waals surface area contributed by atoms with Crippen LogP contribution < -0.4 is 15.4 Å². The second-order valence-electron chi connectivity index (χ2n) is 6.95. The van der Waals surface area contributed by atoms with Gasteiger partial charge in [-0.1, -0.05) is 56.3 Å². The van der Waals surface area contributed by atoms with Crippen LogP contribution in [0.15, 0.2) is 59.6 Å². The lowest BCUT2D eigenvalue weighted by molar-refractivity contribution is 0.265. The van der Waals surface area contributed by atoms with Gasteiger partial charge in [-0.05, 0) is 29.2 Å². The van der Waals surface area contributed by atoms with Gasteiger partial charge in [-0.2, -0.15) is 0 Å². The molecule has 0 saturated heterocycles. The predicted molar refractivity (Wildman–Crippen MR) is 111 cm³/mol. The summed E-state index contributed by atoms with van der Waals surface area (Å²) in [5.41, 5.74) is 2.24. The van der Waals surface area contributed by atoms with Crippen molar-refractivity contribution in [2.45, 2.75) is 26.3 Å². The van der Waals surface area contributed by atoms with E-state index in [0.717, 1.165) is 16.9 Å². The van der Waals surface area contributed by atoms with Crippen molar-refractivity contribution >= 4 is 5.96 Å². The zero-order valence-electron chi connectivity index (χ0n) is 16.5. The topological polar surface area (TPSA) is 65.9 Å². The van der Waals surface area contributed by atoms with E-state index in [-0.39, 0.29) is 12.5 Å². The van der Waals surface area contributed by atoms with Crippen LogP contribution in [-0.2, 0) is 6.54 Å². The number of hydrogen-bond acceptors (Lipinski definition) is 3. The third-order valence-electron chi connectivity index (χ3n) is 4.17. The number of guanidine groups is 1. The Morgan fingerprint density at radius 1 is 1.07 bits per heavy atom. The molecular weight excluding hydrogens is 338 g/mol. The molecule has 1 unspecified atom stereocenters. The van der Waals surface area contributed by atoms with Gasteiger partial charge in [0.2, 0.25) is 0 Å². The highest BCUT2D eigenvalue weighted by Crippen LogP contribution is 2.15. The first-order chi connectivity index (χ1) is 13.1. The molecule has 0 spiro atoms.